The van der Waals surface area contributed by atoms with Crippen molar-refractivity contribution in [1.29, 1.82) is 0 Å². The Bertz CT molecular complexity index is 876. The van der Waals surface area contributed by atoms with E-state index in [4.69, 9.17) is 5.11 Å². The van der Waals surface area contributed by atoms with Crippen LogP contribution in [0.15, 0.2) is 42.5 Å². The van der Waals surface area contributed by atoms with Crippen molar-refractivity contribution in [2.24, 2.45) is 5.92 Å². The van der Waals surface area contributed by atoms with E-state index in [1.165, 1.54) is 12.1 Å². The van der Waals surface area contributed by atoms with Crippen LogP contribution in [-0.2, 0) is 9.59 Å². The summed E-state index contributed by atoms with van der Waals surface area (Å²) in [4.78, 5) is 37.1. The molecule has 7 heteroatoms. The molecule has 26 heavy (non-hydrogen) atoms. The Morgan fingerprint density at radius 3 is 2.46 bits per heavy atom. The monoisotopic (exact) mass is 354 g/mol. The second kappa shape index (κ2) is 6.87. The molecule has 2 amide bonds. The van der Waals surface area contributed by atoms with Crippen molar-refractivity contribution in [3.63, 3.8) is 0 Å². The van der Waals surface area contributed by atoms with Gasteiger partial charge in [0.1, 0.15) is 5.75 Å². The molecule has 134 valence electrons. The van der Waals surface area contributed by atoms with Crippen molar-refractivity contribution in [3.05, 3.63) is 53.6 Å². The molecule has 7 nitrogen and oxygen atoms in total. The molecule has 2 aromatic carbocycles. The summed E-state index contributed by atoms with van der Waals surface area (Å²) in [5.74, 6) is -2.60. The number of carboxylic acid groups (broad SMARTS) is 1. The zero-order chi connectivity index (χ0) is 18.8. The standard InChI is InChI=1S/C19H18N2O5/c1-11-2-5-14(6-3-11)21-10-13(9-17(21)23)18(24)20-15-7-4-12(19(25)26)8-16(15)22/h2-8,13,22H,9-10H2,1H3,(H,20,24)(H,25,26). The first kappa shape index (κ1) is 17.5. The van der Waals surface area contributed by atoms with Crippen molar-refractivity contribution in [3.8, 4) is 5.75 Å². The van der Waals surface area contributed by atoms with Crippen molar-refractivity contribution >= 4 is 29.2 Å². The van der Waals surface area contributed by atoms with Crippen molar-refractivity contribution in [1.82, 2.24) is 0 Å². The Balaban J connectivity index is 1.70. The predicted octanol–water partition coefficient (Wildman–Crippen LogP) is 2.39. The van der Waals surface area contributed by atoms with Gasteiger partial charge in [-0.1, -0.05) is 17.7 Å². The van der Waals surface area contributed by atoms with Crippen LogP contribution in [0.3, 0.4) is 0 Å². The zero-order valence-electron chi connectivity index (χ0n) is 14.1. The molecule has 1 unspecified atom stereocenters. The summed E-state index contributed by atoms with van der Waals surface area (Å²) >= 11 is 0. The van der Waals surface area contributed by atoms with E-state index in [0.29, 0.717) is 0 Å². The molecule has 2 aromatic rings. The number of phenols is 1. The maximum atomic E-state index is 12.4. The second-order valence-electron chi connectivity index (χ2n) is 6.27. The first-order valence-electron chi connectivity index (χ1n) is 8.09. The minimum Gasteiger partial charge on any atom is -0.506 e. The molecule has 1 heterocycles. The molecule has 0 aliphatic carbocycles. The van der Waals surface area contributed by atoms with Gasteiger partial charge in [-0.2, -0.15) is 0 Å². The molecule has 1 atom stereocenters. The summed E-state index contributed by atoms with van der Waals surface area (Å²) < 4.78 is 0. The molecular formula is C19H18N2O5. The number of phenolic OH excluding ortho intramolecular Hbond substituents is 1. The quantitative estimate of drug-likeness (QED) is 0.731. The molecule has 0 aromatic heterocycles. The third-order valence-corrected chi connectivity index (χ3v) is 4.34. The lowest BCUT2D eigenvalue weighted by atomic mass is 10.1. The Labute approximate surface area is 149 Å². The fraction of sp³-hybridized carbons (Fsp3) is 0.211. The van der Waals surface area contributed by atoms with Gasteiger partial charge >= 0.3 is 5.97 Å². The van der Waals surface area contributed by atoms with Crippen LogP contribution in [0, 0.1) is 12.8 Å². The first-order valence-corrected chi connectivity index (χ1v) is 8.09. The third-order valence-electron chi connectivity index (χ3n) is 4.34. The van der Waals surface area contributed by atoms with E-state index in [0.717, 1.165) is 17.3 Å². The number of aromatic carboxylic acids is 1. The average molecular weight is 354 g/mol. The molecule has 0 spiro atoms. The fourth-order valence-electron chi connectivity index (χ4n) is 2.86. The largest absolute Gasteiger partial charge is 0.506 e. The van der Waals surface area contributed by atoms with Gasteiger partial charge in [0.05, 0.1) is 17.2 Å². The molecule has 1 fully saturated rings. The number of hydrogen-bond donors (Lipinski definition) is 3. The Kier molecular flexibility index (Phi) is 4.62. The molecule has 3 N–H and O–H groups in total. The fourth-order valence-corrected chi connectivity index (χ4v) is 2.86. The van der Waals surface area contributed by atoms with Gasteiger partial charge in [-0.25, -0.2) is 4.79 Å². The van der Waals surface area contributed by atoms with E-state index in [9.17, 15) is 19.5 Å². The lowest BCUT2D eigenvalue weighted by Crippen LogP contribution is -2.28. The highest BCUT2D eigenvalue weighted by molar-refractivity contribution is 6.04. The number of nitrogens with zero attached hydrogens (tertiary/aromatic N) is 1. The van der Waals surface area contributed by atoms with Crippen LogP contribution in [-0.4, -0.2) is 34.5 Å². The van der Waals surface area contributed by atoms with Gasteiger partial charge in [0.15, 0.2) is 0 Å². The number of carboxylic acids is 1. The van der Waals surface area contributed by atoms with Gasteiger partial charge in [-0.05, 0) is 37.3 Å². The van der Waals surface area contributed by atoms with E-state index < -0.39 is 17.8 Å². The van der Waals surface area contributed by atoms with Crippen LogP contribution in [0.1, 0.15) is 22.3 Å². The minimum atomic E-state index is -1.17. The molecule has 0 radical (unpaired) electrons. The van der Waals surface area contributed by atoms with Gasteiger partial charge in [-0.15, -0.1) is 0 Å². The highest BCUT2D eigenvalue weighted by Gasteiger charge is 2.35. The van der Waals surface area contributed by atoms with Crippen LogP contribution in [0.4, 0.5) is 11.4 Å². The smallest absolute Gasteiger partial charge is 0.335 e. The van der Waals surface area contributed by atoms with Gasteiger partial charge in [0.2, 0.25) is 11.8 Å². The minimum absolute atomic E-state index is 0.0771. The topological polar surface area (TPSA) is 107 Å². The number of hydrogen-bond acceptors (Lipinski definition) is 4. The van der Waals surface area contributed by atoms with Crippen molar-refractivity contribution in [2.75, 3.05) is 16.8 Å². The lowest BCUT2D eigenvalue weighted by molar-refractivity contribution is -0.122. The molecule has 1 aliphatic heterocycles. The number of aryl methyl sites for hydroxylation is 1. The Morgan fingerprint density at radius 1 is 1.15 bits per heavy atom. The normalized spacial score (nSPS) is 16.6. The highest BCUT2D eigenvalue weighted by Crippen LogP contribution is 2.29. The predicted molar refractivity (Wildman–Crippen MR) is 95.3 cm³/mol. The number of rotatable bonds is 4. The summed E-state index contributed by atoms with van der Waals surface area (Å²) in [7, 11) is 0. The third kappa shape index (κ3) is 3.51. The summed E-state index contributed by atoms with van der Waals surface area (Å²) in [6, 6.07) is 11.2. The number of anilines is 2. The summed E-state index contributed by atoms with van der Waals surface area (Å²) in [6.07, 6.45) is 0.0771. The van der Waals surface area contributed by atoms with Gasteiger partial charge in [-0.3, -0.25) is 9.59 Å². The number of carbonyl (C=O) groups is 3. The number of nitrogens with one attached hydrogen (secondary N) is 1. The van der Waals surface area contributed by atoms with E-state index in [-0.39, 0.29) is 35.9 Å². The van der Waals surface area contributed by atoms with Crippen LogP contribution in [0.25, 0.3) is 0 Å². The van der Waals surface area contributed by atoms with Crippen LogP contribution < -0.4 is 10.2 Å². The summed E-state index contributed by atoms with van der Waals surface area (Å²) in [5.41, 5.74) is 1.85. The molecule has 1 saturated heterocycles. The van der Waals surface area contributed by atoms with Crippen LogP contribution >= 0.6 is 0 Å². The van der Waals surface area contributed by atoms with E-state index >= 15 is 0 Å². The maximum Gasteiger partial charge on any atom is 0.335 e. The molecule has 0 bridgehead atoms. The van der Waals surface area contributed by atoms with Crippen molar-refractivity contribution < 1.29 is 24.6 Å². The number of benzene rings is 2. The van der Waals surface area contributed by atoms with Gasteiger partial charge in [0.25, 0.3) is 0 Å². The number of carbonyl (C=O) groups excluding carboxylic acids is 2. The maximum absolute atomic E-state index is 12.4. The SMILES string of the molecule is Cc1ccc(N2CC(C(=O)Nc3ccc(C(=O)O)cc3O)CC2=O)cc1. The number of amides is 2. The zero-order valence-corrected chi connectivity index (χ0v) is 14.1. The molecule has 3 rings (SSSR count). The van der Waals surface area contributed by atoms with Crippen LogP contribution in [0.5, 0.6) is 5.75 Å². The average Bonchev–Trinajstić information content (AvgIpc) is 2.99. The lowest BCUT2D eigenvalue weighted by Gasteiger charge is -2.17. The Hall–Kier alpha value is -3.35. The number of aromatic hydroxyl groups is 1. The van der Waals surface area contributed by atoms with Gasteiger partial charge < -0.3 is 20.4 Å². The molecule has 0 saturated carbocycles. The first-order chi connectivity index (χ1) is 12.3. The molecule has 1 aliphatic rings. The van der Waals surface area contributed by atoms with Crippen molar-refractivity contribution in [2.45, 2.75) is 13.3 Å². The molecular weight excluding hydrogens is 336 g/mol. The van der Waals surface area contributed by atoms with E-state index in [1.54, 1.807) is 4.90 Å². The summed E-state index contributed by atoms with van der Waals surface area (Å²) in [5, 5.41) is 21.3. The Morgan fingerprint density at radius 2 is 1.85 bits per heavy atom. The van der Waals surface area contributed by atoms with Crippen LogP contribution in [0.2, 0.25) is 0 Å². The second-order valence-corrected chi connectivity index (χ2v) is 6.27. The van der Waals surface area contributed by atoms with E-state index in [1.807, 2.05) is 31.2 Å². The van der Waals surface area contributed by atoms with E-state index in [2.05, 4.69) is 5.32 Å². The van der Waals surface area contributed by atoms with Gasteiger partial charge in [0, 0.05) is 18.7 Å². The highest BCUT2D eigenvalue weighted by atomic mass is 16.4. The summed E-state index contributed by atoms with van der Waals surface area (Å²) in [6.45, 7) is 2.20.